The van der Waals surface area contributed by atoms with Crippen molar-refractivity contribution < 1.29 is 4.74 Å². The fraction of sp³-hybridized carbons (Fsp3) is 0.400. The summed E-state index contributed by atoms with van der Waals surface area (Å²) in [6, 6.07) is 15.1. The molecule has 0 bridgehead atoms. The second-order valence-corrected chi connectivity index (χ2v) is 7.11. The van der Waals surface area contributed by atoms with Crippen molar-refractivity contribution in [2.45, 2.75) is 38.5 Å². The number of rotatable bonds is 2. The van der Waals surface area contributed by atoms with Crippen molar-refractivity contribution >= 4 is 11.6 Å². The van der Waals surface area contributed by atoms with Gasteiger partial charge in [-0.1, -0.05) is 54.1 Å². The number of hydrogen-bond donors (Lipinski definition) is 0. The highest BCUT2D eigenvalue weighted by molar-refractivity contribution is 6.32. The number of nitrogens with zero attached hydrogens (tertiary/aromatic N) is 1. The van der Waals surface area contributed by atoms with Crippen molar-refractivity contribution in [2.75, 3.05) is 13.1 Å². The Morgan fingerprint density at radius 1 is 1.17 bits per heavy atom. The summed E-state index contributed by atoms with van der Waals surface area (Å²) < 4.78 is 6.13. The first-order chi connectivity index (χ1) is 11.2. The fourth-order valence-electron chi connectivity index (χ4n) is 3.92. The van der Waals surface area contributed by atoms with E-state index in [0.717, 1.165) is 36.6 Å². The Bertz CT molecular complexity index is 700. The molecule has 23 heavy (non-hydrogen) atoms. The second kappa shape index (κ2) is 6.27. The highest BCUT2D eigenvalue weighted by Crippen LogP contribution is 2.40. The largest absolute Gasteiger partial charge is 0.373 e. The number of likely N-dealkylation sites (tertiary alicyclic amines) is 1. The molecule has 120 valence electrons. The normalized spacial score (nSPS) is 24.1. The van der Waals surface area contributed by atoms with Gasteiger partial charge in [0.1, 0.15) is 0 Å². The van der Waals surface area contributed by atoms with Crippen molar-refractivity contribution in [3.63, 3.8) is 0 Å². The van der Waals surface area contributed by atoms with Gasteiger partial charge in [-0.2, -0.15) is 0 Å². The van der Waals surface area contributed by atoms with Gasteiger partial charge in [0.25, 0.3) is 0 Å². The zero-order chi connectivity index (χ0) is 15.8. The Labute approximate surface area is 143 Å². The highest BCUT2D eigenvalue weighted by Gasteiger charge is 2.36. The molecular formula is C20H22ClNO. The topological polar surface area (TPSA) is 12.5 Å². The number of fused-ring (bicyclic) bond motifs is 3. The maximum Gasteiger partial charge on any atom is 0.0738 e. The van der Waals surface area contributed by atoms with Gasteiger partial charge in [0, 0.05) is 36.1 Å². The molecule has 4 rings (SSSR count). The van der Waals surface area contributed by atoms with Gasteiger partial charge in [-0.3, -0.25) is 4.90 Å². The molecule has 0 aromatic heterocycles. The molecular weight excluding hydrogens is 306 g/mol. The standard InChI is InChI=1S/C20H22ClNO/c1-14-7-8-16-17-12-22(11-15-5-3-2-4-6-15)10-9-19(17)23-13-18(16)20(14)21/h2-8,17,19H,9-13H2,1H3. The summed E-state index contributed by atoms with van der Waals surface area (Å²) in [5, 5.41) is 0.890. The lowest BCUT2D eigenvalue weighted by Crippen LogP contribution is -2.44. The third kappa shape index (κ3) is 2.91. The summed E-state index contributed by atoms with van der Waals surface area (Å²) in [5.41, 5.74) is 5.12. The van der Waals surface area contributed by atoms with Crippen LogP contribution in [0.2, 0.25) is 5.02 Å². The van der Waals surface area contributed by atoms with Crippen LogP contribution >= 0.6 is 11.6 Å². The quantitative estimate of drug-likeness (QED) is 0.803. The van der Waals surface area contributed by atoms with Gasteiger partial charge in [0.15, 0.2) is 0 Å². The van der Waals surface area contributed by atoms with E-state index in [4.69, 9.17) is 16.3 Å². The van der Waals surface area contributed by atoms with Crippen LogP contribution < -0.4 is 0 Å². The number of ether oxygens (including phenoxy) is 1. The highest BCUT2D eigenvalue weighted by atomic mass is 35.5. The van der Waals surface area contributed by atoms with Gasteiger partial charge >= 0.3 is 0 Å². The third-order valence-corrected chi connectivity index (χ3v) is 5.72. The van der Waals surface area contributed by atoms with E-state index in [0.29, 0.717) is 18.6 Å². The van der Waals surface area contributed by atoms with E-state index in [1.807, 2.05) is 0 Å². The molecule has 2 aromatic rings. The second-order valence-electron chi connectivity index (χ2n) is 6.73. The van der Waals surface area contributed by atoms with Gasteiger partial charge in [0.05, 0.1) is 12.7 Å². The fourth-order valence-corrected chi connectivity index (χ4v) is 4.15. The molecule has 2 aliphatic heterocycles. The molecule has 0 aliphatic carbocycles. The Kier molecular flexibility index (Phi) is 4.14. The van der Waals surface area contributed by atoms with Crippen LogP contribution in [0.1, 0.15) is 34.6 Å². The first kappa shape index (κ1) is 15.2. The zero-order valence-corrected chi connectivity index (χ0v) is 14.2. The zero-order valence-electron chi connectivity index (χ0n) is 13.5. The van der Waals surface area contributed by atoms with Crippen LogP contribution in [-0.4, -0.2) is 24.1 Å². The number of hydrogen-bond acceptors (Lipinski definition) is 2. The molecule has 2 heterocycles. The first-order valence-corrected chi connectivity index (χ1v) is 8.76. The molecule has 0 saturated carbocycles. The van der Waals surface area contributed by atoms with E-state index in [1.165, 1.54) is 16.7 Å². The molecule has 2 atom stereocenters. The molecule has 2 nitrogen and oxygen atoms in total. The maximum atomic E-state index is 6.51. The maximum absolute atomic E-state index is 6.51. The van der Waals surface area contributed by atoms with Crippen LogP contribution in [0, 0.1) is 6.92 Å². The van der Waals surface area contributed by atoms with Crippen LogP contribution in [0.4, 0.5) is 0 Å². The third-order valence-electron chi connectivity index (χ3n) is 5.20. The van der Waals surface area contributed by atoms with Gasteiger partial charge in [-0.15, -0.1) is 0 Å². The lowest BCUT2D eigenvalue weighted by Gasteiger charge is -2.42. The summed E-state index contributed by atoms with van der Waals surface area (Å²) in [6.07, 6.45) is 1.44. The lowest BCUT2D eigenvalue weighted by atomic mass is 9.82. The van der Waals surface area contributed by atoms with Gasteiger partial charge < -0.3 is 4.74 Å². The summed E-state index contributed by atoms with van der Waals surface area (Å²) in [4.78, 5) is 2.54. The molecule has 2 aliphatic rings. The number of benzene rings is 2. The molecule has 1 saturated heterocycles. The minimum atomic E-state index is 0.341. The van der Waals surface area contributed by atoms with E-state index in [-0.39, 0.29) is 0 Å². The predicted molar refractivity (Wildman–Crippen MR) is 93.8 cm³/mol. The van der Waals surface area contributed by atoms with Crippen LogP contribution in [0.15, 0.2) is 42.5 Å². The van der Waals surface area contributed by atoms with Gasteiger partial charge in [-0.25, -0.2) is 0 Å². The average Bonchev–Trinajstić information content (AvgIpc) is 2.59. The molecule has 0 N–H and O–H groups in total. The molecule has 2 unspecified atom stereocenters. The lowest BCUT2D eigenvalue weighted by molar-refractivity contribution is -0.0325. The van der Waals surface area contributed by atoms with Crippen molar-refractivity contribution in [2.24, 2.45) is 0 Å². The van der Waals surface area contributed by atoms with E-state index in [2.05, 4.69) is 54.3 Å². The van der Waals surface area contributed by atoms with E-state index >= 15 is 0 Å². The summed E-state index contributed by atoms with van der Waals surface area (Å²) >= 11 is 6.51. The van der Waals surface area contributed by atoms with Crippen LogP contribution in [-0.2, 0) is 17.9 Å². The van der Waals surface area contributed by atoms with E-state index in [1.54, 1.807) is 0 Å². The molecule has 0 radical (unpaired) electrons. The smallest absolute Gasteiger partial charge is 0.0738 e. The average molecular weight is 328 g/mol. The number of halogens is 1. The van der Waals surface area contributed by atoms with Crippen molar-refractivity contribution in [3.8, 4) is 0 Å². The van der Waals surface area contributed by atoms with Gasteiger partial charge in [0.2, 0.25) is 0 Å². The van der Waals surface area contributed by atoms with Crippen molar-refractivity contribution in [1.29, 1.82) is 0 Å². The van der Waals surface area contributed by atoms with Gasteiger partial charge in [-0.05, 0) is 30.0 Å². The van der Waals surface area contributed by atoms with Crippen LogP contribution in [0.5, 0.6) is 0 Å². The van der Waals surface area contributed by atoms with E-state index < -0.39 is 0 Å². The van der Waals surface area contributed by atoms with Crippen LogP contribution in [0.3, 0.4) is 0 Å². The van der Waals surface area contributed by atoms with Crippen molar-refractivity contribution in [1.82, 2.24) is 4.90 Å². The molecule has 2 aromatic carbocycles. The predicted octanol–water partition coefficient (Wildman–Crippen LogP) is 4.54. The SMILES string of the molecule is Cc1ccc2c(c1Cl)COC1CCN(Cc3ccccc3)CC21. The summed E-state index contributed by atoms with van der Waals surface area (Å²) in [6.45, 7) is 5.89. The minimum absolute atomic E-state index is 0.341. The first-order valence-electron chi connectivity index (χ1n) is 8.38. The summed E-state index contributed by atoms with van der Waals surface area (Å²) in [7, 11) is 0. The summed E-state index contributed by atoms with van der Waals surface area (Å²) in [5.74, 6) is 0.439. The Morgan fingerprint density at radius 3 is 2.83 bits per heavy atom. The molecule has 1 fully saturated rings. The number of aryl methyl sites for hydroxylation is 1. The monoisotopic (exact) mass is 327 g/mol. The molecule has 0 amide bonds. The Balaban J connectivity index is 1.57. The Morgan fingerprint density at radius 2 is 2.00 bits per heavy atom. The van der Waals surface area contributed by atoms with E-state index in [9.17, 15) is 0 Å². The minimum Gasteiger partial charge on any atom is -0.373 e. The molecule has 3 heteroatoms. The molecule has 0 spiro atoms. The van der Waals surface area contributed by atoms with Crippen LogP contribution in [0.25, 0.3) is 0 Å². The number of piperidine rings is 1. The Hall–Kier alpha value is -1.35. The van der Waals surface area contributed by atoms with Crippen molar-refractivity contribution in [3.05, 3.63) is 69.7 Å².